The van der Waals surface area contributed by atoms with Crippen LogP contribution in [0.2, 0.25) is 0 Å². The van der Waals surface area contributed by atoms with Crippen molar-refractivity contribution in [2.24, 2.45) is 5.92 Å². The molecule has 0 radical (unpaired) electrons. The summed E-state index contributed by atoms with van der Waals surface area (Å²) in [6.45, 7) is 2.08. The minimum absolute atomic E-state index is 0.0448. The fraction of sp³-hybridized carbons (Fsp3) is 0.533. The van der Waals surface area contributed by atoms with Crippen molar-refractivity contribution in [2.75, 3.05) is 0 Å². The molecule has 0 amide bonds. The van der Waals surface area contributed by atoms with Crippen molar-refractivity contribution < 1.29 is 18.3 Å². The van der Waals surface area contributed by atoms with Crippen LogP contribution >= 0.6 is 0 Å². The normalized spacial score (nSPS) is 23.5. The van der Waals surface area contributed by atoms with Crippen LogP contribution in [0, 0.1) is 5.92 Å². The molecule has 0 saturated heterocycles. The molecule has 5 nitrogen and oxygen atoms in total. The van der Waals surface area contributed by atoms with Crippen molar-refractivity contribution in [2.45, 2.75) is 50.0 Å². The third-order valence-electron chi connectivity index (χ3n) is 4.08. The Labute approximate surface area is 125 Å². The van der Waals surface area contributed by atoms with Crippen LogP contribution in [-0.2, 0) is 10.0 Å². The van der Waals surface area contributed by atoms with Gasteiger partial charge in [0.2, 0.25) is 10.0 Å². The van der Waals surface area contributed by atoms with E-state index in [0.717, 1.165) is 32.1 Å². The molecule has 1 aliphatic carbocycles. The molecule has 2 rings (SSSR count). The van der Waals surface area contributed by atoms with Gasteiger partial charge in [-0.2, -0.15) is 0 Å². The first kappa shape index (κ1) is 16.0. The smallest absolute Gasteiger partial charge is 0.335 e. The molecule has 0 spiro atoms. The van der Waals surface area contributed by atoms with Crippen molar-refractivity contribution >= 4 is 16.0 Å². The third kappa shape index (κ3) is 4.04. The molecule has 2 N–H and O–H groups in total. The van der Waals surface area contributed by atoms with E-state index in [1.54, 1.807) is 0 Å². The number of carboxylic acids is 1. The van der Waals surface area contributed by atoms with Crippen LogP contribution in [-0.4, -0.2) is 25.5 Å². The van der Waals surface area contributed by atoms with Crippen LogP contribution in [0.1, 0.15) is 49.4 Å². The zero-order valence-electron chi connectivity index (χ0n) is 12.1. The van der Waals surface area contributed by atoms with Crippen molar-refractivity contribution in [3.05, 3.63) is 29.8 Å². The molecule has 1 saturated carbocycles. The molecule has 1 aliphatic rings. The second-order valence-corrected chi connectivity index (χ2v) is 7.39. The highest BCUT2D eigenvalue weighted by atomic mass is 32.2. The summed E-state index contributed by atoms with van der Waals surface area (Å²) in [5.41, 5.74) is 0.0804. The van der Waals surface area contributed by atoms with Gasteiger partial charge < -0.3 is 5.11 Å². The number of benzene rings is 1. The largest absolute Gasteiger partial charge is 0.478 e. The van der Waals surface area contributed by atoms with Gasteiger partial charge >= 0.3 is 5.97 Å². The molecule has 116 valence electrons. The van der Waals surface area contributed by atoms with Gasteiger partial charge in [0.15, 0.2) is 0 Å². The number of nitrogens with one attached hydrogen (secondary N) is 1. The Bertz CT molecular complexity index is 595. The Hall–Kier alpha value is -1.40. The van der Waals surface area contributed by atoms with Crippen molar-refractivity contribution in [1.82, 2.24) is 4.72 Å². The van der Waals surface area contributed by atoms with E-state index in [9.17, 15) is 13.2 Å². The SMILES string of the molecule is CC1CCCCCC1NS(=O)(=O)c1ccc(C(=O)O)cc1. The highest BCUT2D eigenvalue weighted by Gasteiger charge is 2.25. The number of hydrogen-bond donors (Lipinski definition) is 2. The quantitative estimate of drug-likeness (QED) is 0.837. The lowest BCUT2D eigenvalue weighted by atomic mass is 9.98. The van der Waals surface area contributed by atoms with E-state index in [2.05, 4.69) is 11.6 Å². The number of hydrogen-bond acceptors (Lipinski definition) is 3. The maximum atomic E-state index is 12.4. The predicted molar refractivity (Wildman–Crippen MR) is 79.8 cm³/mol. The van der Waals surface area contributed by atoms with Crippen LogP contribution in [0.4, 0.5) is 0 Å². The van der Waals surface area contributed by atoms with Gasteiger partial charge in [-0.3, -0.25) is 0 Å². The van der Waals surface area contributed by atoms with E-state index >= 15 is 0 Å². The van der Waals surface area contributed by atoms with E-state index in [4.69, 9.17) is 5.11 Å². The maximum Gasteiger partial charge on any atom is 0.335 e. The van der Waals surface area contributed by atoms with Crippen molar-refractivity contribution in [3.63, 3.8) is 0 Å². The van der Waals surface area contributed by atoms with E-state index < -0.39 is 16.0 Å². The Morgan fingerprint density at radius 2 is 1.76 bits per heavy atom. The monoisotopic (exact) mass is 311 g/mol. The van der Waals surface area contributed by atoms with Crippen LogP contribution in [0.25, 0.3) is 0 Å². The zero-order chi connectivity index (χ0) is 15.5. The molecule has 0 aliphatic heterocycles. The van der Waals surface area contributed by atoms with Gasteiger partial charge in [0, 0.05) is 6.04 Å². The van der Waals surface area contributed by atoms with Crippen molar-refractivity contribution in [3.8, 4) is 0 Å². The minimum Gasteiger partial charge on any atom is -0.478 e. The zero-order valence-corrected chi connectivity index (χ0v) is 12.9. The first-order valence-electron chi connectivity index (χ1n) is 7.26. The van der Waals surface area contributed by atoms with Crippen molar-refractivity contribution in [1.29, 1.82) is 0 Å². The number of rotatable bonds is 4. The second-order valence-electron chi connectivity index (χ2n) is 5.67. The number of aromatic carboxylic acids is 1. The van der Waals surface area contributed by atoms with Gasteiger partial charge in [-0.1, -0.05) is 26.2 Å². The number of sulfonamides is 1. The molecule has 2 atom stereocenters. The summed E-state index contributed by atoms with van der Waals surface area (Å²) < 4.78 is 27.5. The summed E-state index contributed by atoms with van der Waals surface area (Å²) in [5, 5.41) is 8.84. The van der Waals surface area contributed by atoms with Gasteiger partial charge in [-0.15, -0.1) is 0 Å². The highest BCUT2D eigenvalue weighted by Crippen LogP contribution is 2.24. The molecule has 0 bridgehead atoms. The molecular weight excluding hydrogens is 290 g/mol. The Balaban J connectivity index is 2.15. The lowest BCUT2D eigenvalue weighted by molar-refractivity contribution is 0.0696. The van der Waals surface area contributed by atoms with E-state index in [0.29, 0.717) is 5.92 Å². The van der Waals surface area contributed by atoms with Crippen LogP contribution in [0.5, 0.6) is 0 Å². The Morgan fingerprint density at radius 1 is 1.14 bits per heavy atom. The molecule has 21 heavy (non-hydrogen) atoms. The van der Waals surface area contributed by atoms with Gasteiger partial charge in [-0.05, 0) is 43.0 Å². The highest BCUT2D eigenvalue weighted by molar-refractivity contribution is 7.89. The first-order chi connectivity index (χ1) is 9.90. The van der Waals surface area contributed by atoms with Gasteiger partial charge in [0.1, 0.15) is 0 Å². The molecule has 1 aromatic rings. The molecule has 6 heteroatoms. The molecule has 2 unspecified atom stereocenters. The molecule has 0 heterocycles. The van der Waals surface area contributed by atoms with E-state index in [1.165, 1.54) is 24.3 Å². The predicted octanol–water partition coefficient (Wildman–Crippen LogP) is 2.63. The summed E-state index contributed by atoms with van der Waals surface area (Å²) in [7, 11) is -3.59. The van der Waals surface area contributed by atoms with Gasteiger partial charge in [0.25, 0.3) is 0 Å². The Kier molecular flexibility index (Phi) is 5.00. The number of carbonyl (C=O) groups is 1. The minimum atomic E-state index is -3.59. The fourth-order valence-corrected chi connectivity index (χ4v) is 4.09. The second kappa shape index (κ2) is 6.58. The lowest BCUT2D eigenvalue weighted by Crippen LogP contribution is -2.38. The van der Waals surface area contributed by atoms with Crippen LogP contribution in [0.3, 0.4) is 0 Å². The molecule has 1 aromatic carbocycles. The average Bonchev–Trinajstić information content (AvgIpc) is 2.64. The summed E-state index contributed by atoms with van der Waals surface area (Å²) in [4.78, 5) is 10.9. The van der Waals surface area contributed by atoms with E-state index in [-0.39, 0.29) is 16.5 Å². The van der Waals surface area contributed by atoms with Crippen LogP contribution < -0.4 is 4.72 Å². The Morgan fingerprint density at radius 3 is 2.38 bits per heavy atom. The summed E-state index contributed by atoms with van der Waals surface area (Å²) in [6.07, 6.45) is 5.22. The fourth-order valence-electron chi connectivity index (χ4n) is 2.71. The van der Waals surface area contributed by atoms with Gasteiger partial charge in [0.05, 0.1) is 10.5 Å². The summed E-state index contributed by atoms with van der Waals surface area (Å²) in [6, 6.07) is 5.26. The summed E-state index contributed by atoms with van der Waals surface area (Å²) >= 11 is 0. The first-order valence-corrected chi connectivity index (χ1v) is 8.74. The van der Waals surface area contributed by atoms with E-state index in [1.807, 2.05) is 0 Å². The third-order valence-corrected chi connectivity index (χ3v) is 5.59. The average molecular weight is 311 g/mol. The van der Waals surface area contributed by atoms with Gasteiger partial charge in [-0.25, -0.2) is 17.9 Å². The van der Waals surface area contributed by atoms with Crippen LogP contribution in [0.15, 0.2) is 29.2 Å². The summed E-state index contributed by atoms with van der Waals surface area (Å²) in [5.74, 6) is -0.745. The number of carboxylic acid groups (broad SMARTS) is 1. The molecule has 1 fully saturated rings. The standard InChI is InChI=1S/C15H21NO4S/c1-11-5-3-2-4-6-14(11)16-21(19,20)13-9-7-12(8-10-13)15(17)18/h7-11,14,16H,2-6H2,1H3,(H,17,18). The molecule has 0 aromatic heterocycles. The maximum absolute atomic E-state index is 12.4. The lowest BCUT2D eigenvalue weighted by Gasteiger charge is -2.22. The molecular formula is C15H21NO4S. The topological polar surface area (TPSA) is 83.5 Å².